The molecule has 0 aliphatic carbocycles. The van der Waals surface area contributed by atoms with E-state index in [1.54, 1.807) is 0 Å². The van der Waals surface area contributed by atoms with E-state index >= 15 is 0 Å². The third-order valence-corrected chi connectivity index (χ3v) is 2.93. The van der Waals surface area contributed by atoms with Crippen LogP contribution in [0.1, 0.15) is 16.8 Å². The molecule has 0 fully saturated rings. The number of hydrogen-bond donors (Lipinski definition) is 1. The van der Waals surface area contributed by atoms with Crippen LogP contribution in [0.25, 0.3) is 0 Å². The fourth-order valence-corrected chi connectivity index (χ4v) is 1.79. The quantitative estimate of drug-likeness (QED) is 0.561. The molecule has 0 aliphatic rings. The van der Waals surface area contributed by atoms with Crippen LogP contribution in [0.4, 0.5) is 14.5 Å². The van der Waals surface area contributed by atoms with E-state index in [0.29, 0.717) is 6.07 Å². The second-order valence-corrected chi connectivity index (χ2v) is 4.53. The summed E-state index contributed by atoms with van der Waals surface area (Å²) in [5.41, 5.74) is -1.20. The average Bonchev–Trinajstić information content (AvgIpc) is 2.50. The minimum Gasteiger partial charge on any atom is -0.493 e. The Kier molecular flexibility index (Phi) is 6.38. The number of nitro groups is 1. The number of ether oxygens (including phenoxy) is 2. The van der Waals surface area contributed by atoms with Gasteiger partial charge in [0.1, 0.15) is 5.56 Å². The molecule has 0 heterocycles. The number of amides is 1. The maximum absolute atomic E-state index is 12.4. The predicted octanol–water partition coefficient (Wildman–Crippen LogP) is 1.75. The molecule has 1 N–H and O–H groups in total. The van der Waals surface area contributed by atoms with Crippen molar-refractivity contribution in [2.24, 2.45) is 0 Å². The van der Waals surface area contributed by atoms with Gasteiger partial charge in [-0.05, 0) is 0 Å². The lowest BCUT2D eigenvalue weighted by atomic mass is 10.1. The summed E-state index contributed by atoms with van der Waals surface area (Å²) in [4.78, 5) is 33.9. The Balaban J connectivity index is 3.27. The van der Waals surface area contributed by atoms with Crippen molar-refractivity contribution in [3.05, 3.63) is 27.8 Å². The molecule has 0 spiro atoms. The monoisotopic (exact) mass is 348 g/mol. The SMILES string of the molecule is COc1cc(C(=O)N(C)CCC(=O)O)c([N+](=O)[O-])cc1OC(F)F. The van der Waals surface area contributed by atoms with Crippen molar-refractivity contribution in [1.82, 2.24) is 4.90 Å². The smallest absolute Gasteiger partial charge is 0.387 e. The highest BCUT2D eigenvalue weighted by Gasteiger charge is 2.27. The molecule has 9 nitrogen and oxygen atoms in total. The topological polar surface area (TPSA) is 119 Å². The summed E-state index contributed by atoms with van der Waals surface area (Å²) in [6, 6.07) is 1.55. The number of carbonyl (C=O) groups excluding carboxylic acids is 1. The van der Waals surface area contributed by atoms with E-state index in [1.807, 2.05) is 0 Å². The van der Waals surface area contributed by atoms with Crippen molar-refractivity contribution in [2.75, 3.05) is 20.7 Å². The van der Waals surface area contributed by atoms with E-state index < -0.39 is 40.4 Å². The highest BCUT2D eigenvalue weighted by atomic mass is 19.3. The zero-order chi connectivity index (χ0) is 18.4. The lowest BCUT2D eigenvalue weighted by molar-refractivity contribution is -0.385. The van der Waals surface area contributed by atoms with Crippen LogP contribution < -0.4 is 9.47 Å². The number of nitrogens with zero attached hydrogens (tertiary/aromatic N) is 2. The van der Waals surface area contributed by atoms with Gasteiger partial charge < -0.3 is 19.5 Å². The minimum absolute atomic E-state index is 0.192. The van der Waals surface area contributed by atoms with E-state index in [4.69, 9.17) is 9.84 Å². The first-order chi connectivity index (χ1) is 11.2. The van der Waals surface area contributed by atoms with E-state index in [1.165, 1.54) is 7.05 Å². The number of benzene rings is 1. The number of halogens is 2. The summed E-state index contributed by atoms with van der Waals surface area (Å²) in [5.74, 6) is -2.90. The number of carboxylic acid groups (broad SMARTS) is 1. The van der Waals surface area contributed by atoms with Gasteiger partial charge in [0.05, 0.1) is 24.5 Å². The van der Waals surface area contributed by atoms with Crippen LogP contribution in [-0.4, -0.2) is 54.1 Å². The second-order valence-electron chi connectivity index (χ2n) is 4.53. The van der Waals surface area contributed by atoms with Crippen molar-refractivity contribution in [2.45, 2.75) is 13.0 Å². The van der Waals surface area contributed by atoms with Gasteiger partial charge in [-0.25, -0.2) is 0 Å². The molecule has 0 bridgehead atoms. The molecule has 0 atom stereocenters. The highest BCUT2D eigenvalue weighted by molar-refractivity contribution is 5.99. The van der Waals surface area contributed by atoms with Crippen molar-refractivity contribution in [1.29, 1.82) is 0 Å². The molecule has 132 valence electrons. The van der Waals surface area contributed by atoms with Gasteiger partial charge in [-0.3, -0.25) is 19.7 Å². The van der Waals surface area contributed by atoms with Crippen LogP contribution in [0.3, 0.4) is 0 Å². The number of carbonyl (C=O) groups is 2. The van der Waals surface area contributed by atoms with Gasteiger partial charge in [-0.15, -0.1) is 0 Å². The molecule has 0 aromatic heterocycles. The molecular formula is C13H14F2N2O7. The zero-order valence-electron chi connectivity index (χ0n) is 12.7. The fourth-order valence-electron chi connectivity index (χ4n) is 1.79. The number of alkyl halides is 2. The number of carboxylic acids is 1. The molecule has 0 saturated heterocycles. The third kappa shape index (κ3) is 4.76. The highest BCUT2D eigenvalue weighted by Crippen LogP contribution is 2.36. The first-order valence-corrected chi connectivity index (χ1v) is 6.45. The summed E-state index contributed by atoms with van der Waals surface area (Å²) in [7, 11) is 2.37. The van der Waals surface area contributed by atoms with Crippen molar-refractivity contribution < 1.29 is 37.9 Å². The Morgan fingerprint density at radius 1 is 1.38 bits per heavy atom. The molecular weight excluding hydrogens is 334 g/mol. The first-order valence-electron chi connectivity index (χ1n) is 6.45. The molecule has 1 rings (SSSR count). The molecule has 1 amide bonds. The second kappa shape index (κ2) is 8.04. The maximum Gasteiger partial charge on any atom is 0.387 e. The maximum atomic E-state index is 12.4. The standard InChI is InChI=1S/C13H14F2N2O7/c1-16(4-3-11(18)19)12(20)7-5-9(23-2)10(24-13(14)15)6-8(7)17(21)22/h5-6,13H,3-4H2,1-2H3,(H,18,19). The lowest BCUT2D eigenvalue weighted by Crippen LogP contribution is -2.29. The Hall–Kier alpha value is -2.98. The number of aliphatic carboxylic acids is 1. The minimum atomic E-state index is -3.24. The Labute approximate surface area is 134 Å². The normalized spacial score (nSPS) is 10.4. The third-order valence-electron chi connectivity index (χ3n) is 2.93. The Morgan fingerprint density at radius 2 is 2.00 bits per heavy atom. The van der Waals surface area contributed by atoms with Gasteiger partial charge in [0, 0.05) is 19.7 Å². The zero-order valence-corrected chi connectivity index (χ0v) is 12.7. The van der Waals surface area contributed by atoms with E-state index in [2.05, 4.69) is 4.74 Å². The molecule has 11 heteroatoms. The summed E-state index contributed by atoms with van der Waals surface area (Å²) in [6.45, 7) is -3.43. The first kappa shape index (κ1) is 19.1. The van der Waals surface area contributed by atoms with Gasteiger partial charge in [0.25, 0.3) is 11.6 Å². The van der Waals surface area contributed by atoms with Gasteiger partial charge in [-0.1, -0.05) is 0 Å². The summed E-state index contributed by atoms with van der Waals surface area (Å²) in [5, 5.41) is 19.7. The van der Waals surface area contributed by atoms with E-state index in [0.717, 1.165) is 18.1 Å². The summed E-state index contributed by atoms with van der Waals surface area (Å²) in [6.07, 6.45) is -0.361. The van der Waals surface area contributed by atoms with Crippen LogP contribution in [0, 0.1) is 10.1 Å². The number of methoxy groups -OCH3 is 1. The van der Waals surface area contributed by atoms with Crippen LogP contribution in [0.15, 0.2) is 12.1 Å². The van der Waals surface area contributed by atoms with Crippen LogP contribution in [-0.2, 0) is 4.79 Å². The van der Waals surface area contributed by atoms with E-state index in [-0.39, 0.29) is 18.7 Å². The summed E-state index contributed by atoms with van der Waals surface area (Å²) >= 11 is 0. The number of hydrogen-bond acceptors (Lipinski definition) is 6. The molecule has 0 unspecified atom stereocenters. The van der Waals surface area contributed by atoms with Crippen molar-refractivity contribution in [3.8, 4) is 11.5 Å². The fraction of sp³-hybridized carbons (Fsp3) is 0.385. The van der Waals surface area contributed by atoms with Gasteiger partial charge in [-0.2, -0.15) is 8.78 Å². The number of rotatable bonds is 8. The van der Waals surface area contributed by atoms with Crippen LogP contribution >= 0.6 is 0 Å². The van der Waals surface area contributed by atoms with Crippen LogP contribution in [0.2, 0.25) is 0 Å². The van der Waals surface area contributed by atoms with E-state index in [9.17, 15) is 28.5 Å². The van der Waals surface area contributed by atoms with Gasteiger partial charge in [0.2, 0.25) is 0 Å². The molecule has 1 aromatic rings. The number of nitro benzene ring substituents is 1. The molecule has 1 aromatic carbocycles. The largest absolute Gasteiger partial charge is 0.493 e. The predicted molar refractivity (Wildman–Crippen MR) is 75.5 cm³/mol. The van der Waals surface area contributed by atoms with Crippen molar-refractivity contribution in [3.63, 3.8) is 0 Å². The Bertz CT molecular complexity index is 651. The summed E-state index contributed by atoms with van der Waals surface area (Å²) < 4.78 is 33.6. The molecule has 0 saturated carbocycles. The van der Waals surface area contributed by atoms with Gasteiger partial charge >= 0.3 is 12.6 Å². The molecule has 24 heavy (non-hydrogen) atoms. The van der Waals surface area contributed by atoms with Crippen molar-refractivity contribution >= 4 is 17.6 Å². The van der Waals surface area contributed by atoms with Crippen LogP contribution in [0.5, 0.6) is 11.5 Å². The van der Waals surface area contributed by atoms with Gasteiger partial charge in [0.15, 0.2) is 11.5 Å². The molecule has 0 aliphatic heterocycles. The molecule has 0 radical (unpaired) electrons. The Morgan fingerprint density at radius 3 is 2.46 bits per heavy atom. The average molecular weight is 348 g/mol. The lowest BCUT2D eigenvalue weighted by Gasteiger charge is -2.17.